The van der Waals surface area contributed by atoms with Crippen LogP contribution in [0.3, 0.4) is 0 Å². The van der Waals surface area contributed by atoms with Gasteiger partial charge in [0.1, 0.15) is 16.7 Å². The first-order valence-electron chi connectivity index (χ1n) is 10.1. The van der Waals surface area contributed by atoms with Crippen molar-refractivity contribution in [1.29, 1.82) is 0 Å². The molecular weight excluding hydrogens is 408 g/mol. The van der Waals surface area contributed by atoms with Crippen molar-refractivity contribution in [3.63, 3.8) is 0 Å². The number of carboxylic acid groups (broad SMARTS) is 1. The highest BCUT2D eigenvalue weighted by atomic mass is 35.5. The topological polar surface area (TPSA) is 88.1 Å². The van der Waals surface area contributed by atoms with Crippen LogP contribution in [0.15, 0.2) is 36.0 Å². The summed E-state index contributed by atoms with van der Waals surface area (Å²) in [5.74, 6) is -1.09. The number of halogens is 1. The molecule has 30 heavy (non-hydrogen) atoms. The highest BCUT2D eigenvalue weighted by Gasteiger charge is 2.61. The van der Waals surface area contributed by atoms with Crippen molar-refractivity contribution in [2.45, 2.75) is 69.1 Å². The minimum atomic E-state index is -1.44. The maximum absolute atomic E-state index is 12.8. The van der Waals surface area contributed by atoms with Crippen molar-refractivity contribution in [3.8, 4) is 0 Å². The molecule has 1 saturated heterocycles. The van der Waals surface area contributed by atoms with Crippen LogP contribution in [-0.2, 0) is 19.8 Å². The fraction of sp³-hybridized carbons (Fsp3) is 0.545. The largest absolute Gasteiger partial charge is 0.480 e. The van der Waals surface area contributed by atoms with E-state index in [0.29, 0.717) is 5.02 Å². The number of hydrogen-bond donors (Lipinski definition) is 2. The van der Waals surface area contributed by atoms with Crippen LogP contribution >= 0.6 is 11.6 Å². The molecule has 1 aromatic rings. The zero-order chi connectivity index (χ0) is 21.9. The number of rotatable bonds is 3. The Morgan fingerprint density at radius 1 is 1.23 bits per heavy atom. The summed E-state index contributed by atoms with van der Waals surface area (Å²) >= 11 is 6.03. The summed E-state index contributed by atoms with van der Waals surface area (Å²) in [6.45, 7) is 6.89. The average molecular weight is 435 g/mol. The molecule has 162 valence electrons. The van der Waals surface area contributed by atoms with E-state index >= 15 is 0 Å². The molecule has 2 heterocycles. The highest BCUT2D eigenvalue weighted by molar-refractivity contribution is 6.30. The number of hydroxylamine groups is 1. The zero-order valence-corrected chi connectivity index (χ0v) is 18.4. The van der Waals surface area contributed by atoms with Crippen LogP contribution in [0.1, 0.15) is 52.5 Å². The summed E-state index contributed by atoms with van der Waals surface area (Å²) in [7, 11) is 0. The van der Waals surface area contributed by atoms with E-state index in [4.69, 9.17) is 21.2 Å². The Bertz CT molecular complexity index is 918. The molecule has 3 aliphatic rings. The predicted octanol–water partition coefficient (Wildman–Crippen LogP) is 4.01. The molecule has 2 atom stereocenters. The van der Waals surface area contributed by atoms with Crippen LogP contribution in [0.25, 0.3) is 0 Å². The van der Waals surface area contributed by atoms with Gasteiger partial charge >= 0.3 is 12.1 Å². The number of benzene rings is 1. The molecule has 1 spiro atoms. The lowest BCUT2D eigenvalue weighted by Gasteiger charge is -2.32. The normalized spacial score (nSPS) is 29.5. The molecule has 1 saturated carbocycles. The fourth-order valence-corrected chi connectivity index (χ4v) is 4.56. The molecule has 0 bridgehead atoms. The number of nitrogens with one attached hydrogen (secondary N) is 1. The van der Waals surface area contributed by atoms with E-state index in [0.717, 1.165) is 24.1 Å². The minimum Gasteiger partial charge on any atom is -0.480 e. The van der Waals surface area contributed by atoms with Crippen molar-refractivity contribution in [2.75, 3.05) is 6.54 Å². The first kappa shape index (κ1) is 21.0. The second kappa shape index (κ2) is 6.62. The van der Waals surface area contributed by atoms with Crippen molar-refractivity contribution in [3.05, 3.63) is 46.6 Å². The summed E-state index contributed by atoms with van der Waals surface area (Å²) in [5, 5.41) is 10.6. The van der Waals surface area contributed by atoms with Gasteiger partial charge in [0.25, 0.3) is 0 Å². The van der Waals surface area contributed by atoms with E-state index in [-0.39, 0.29) is 18.4 Å². The molecule has 4 rings (SSSR count). The minimum absolute atomic E-state index is 0.0951. The van der Waals surface area contributed by atoms with E-state index < -0.39 is 28.8 Å². The Kier molecular flexibility index (Phi) is 4.64. The summed E-state index contributed by atoms with van der Waals surface area (Å²) in [4.78, 5) is 32.2. The molecule has 1 aliphatic carbocycles. The lowest BCUT2D eigenvalue weighted by Crippen LogP contribution is -2.52. The molecule has 1 amide bonds. The van der Waals surface area contributed by atoms with Crippen LogP contribution < -0.4 is 5.48 Å². The lowest BCUT2D eigenvalue weighted by molar-refractivity contribution is -0.148. The van der Waals surface area contributed by atoms with Gasteiger partial charge in [0, 0.05) is 22.6 Å². The molecule has 2 N–H and O–H groups in total. The molecule has 0 radical (unpaired) electrons. The first-order chi connectivity index (χ1) is 13.9. The third-order valence-electron chi connectivity index (χ3n) is 6.17. The van der Waals surface area contributed by atoms with Gasteiger partial charge in [0.2, 0.25) is 0 Å². The van der Waals surface area contributed by atoms with Crippen LogP contribution in [-0.4, -0.2) is 45.4 Å². The number of amides is 1. The van der Waals surface area contributed by atoms with Gasteiger partial charge in [-0.1, -0.05) is 23.7 Å². The number of allylic oxidation sites excluding steroid dienone is 1. The second-order valence-corrected chi connectivity index (χ2v) is 10.2. The monoisotopic (exact) mass is 434 g/mol. The quantitative estimate of drug-likeness (QED) is 0.747. The van der Waals surface area contributed by atoms with Gasteiger partial charge in [-0.2, -0.15) is 0 Å². The molecule has 2 aliphatic heterocycles. The maximum atomic E-state index is 12.8. The van der Waals surface area contributed by atoms with Gasteiger partial charge in [0.05, 0.1) is 6.54 Å². The van der Waals surface area contributed by atoms with Gasteiger partial charge < -0.3 is 9.84 Å². The molecule has 2 fully saturated rings. The molecule has 7 nitrogen and oxygen atoms in total. The number of likely N-dealkylation sites (tertiary alicyclic amines) is 1. The van der Waals surface area contributed by atoms with Crippen LogP contribution in [0.4, 0.5) is 4.79 Å². The second-order valence-electron chi connectivity index (χ2n) is 9.74. The lowest BCUT2D eigenvalue weighted by atomic mass is 9.87. The van der Waals surface area contributed by atoms with Gasteiger partial charge in [-0.25, -0.2) is 9.59 Å². The summed E-state index contributed by atoms with van der Waals surface area (Å²) in [6.07, 6.45) is 3.34. The van der Waals surface area contributed by atoms with E-state index in [1.54, 1.807) is 20.8 Å². The molecule has 1 unspecified atom stereocenters. The molecule has 0 aromatic heterocycles. The summed E-state index contributed by atoms with van der Waals surface area (Å²) < 4.78 is 5.47. The number of carbonyl (C=O) groups excluding carboxylic acids is 1. The number of carboxylic acids is 1. The van der Waals surface area contributed by atoms with E-state index in [1.165, 1.54) is 11.8 Å². The number of hydrogen-bond acceptors (Lipinski definition) is 5. The zero-order valence-electron chi connectivity index (χ0n) is 17.6. The fourth-order valence-electron chi connectivity index (χ4n) is 4.44. The van der Waals surface area contributed by atoms with Crippen molar-refractivity contribution < 1.29 is 24.3 Å². The summed E-state index contributed by atoms with van der Waals surface area (Å²) in [6, 6.07) is 7.74. The maximum Gasteiger partial charge on any atom is 0.411 e. The van der Waals surface area contributed by atoms with Gasteiger partial charge in [-0.05, 0) is 64.3 Å². The van der Waals surface area contributed by atoms with E-state index in [1.807, 2.05) is 30.3 Å². The average Bonchev–Trinajstić information content (AvgIpc) is 3.25. The predicted molar refractivity (Wildman–Crippen MR) is 111 cm³/mol. The molecule has 1 aromatic carbocycles. The van der Waals surface area contributed by atoms with Crippen LogP contribution in [0.2, 0.25) is 5.02 Å². The van der Waals surface area contributed by atoms with Crippen LogP contribution in [0.5, 0.6) is 0 Å². The number of aliphatic carboxylic acids is 1. The van der Waals surface area contributed by atoms with Crippen molar-refractivity contribution in [1.82, 2.24) is 10.4 Å². The molecule has 8 heteroatoms. The Hall–Kier alpha value is -2.25. The standard InChI is InChI=1S/C22H27ClN2O5/c1-19(2,3)29-18(28)25-13-21(12-20(25,4)17(26)27)11-16(24-30-21)22(9-10-22)14-5-7-15(23)8-6-14/h5-8,11,24H,9-10,12-13H2,1-4H3,(H,26,27)/t20-,21?/m0/s1. The SMILES string of the molecule is CC(C)(C)OC(=O)N1CC2(C=C(C3(c4ccc(Cl)cc4)CC3)NO2)C[C@@]1(C)C(=O)O. The first-order valence-corrected chi connectivity index (χ1v) is 10.4. The third kappa shape index (κ3) is 3.44. The van der Waals surface area contributed by atoms with Crippen molar-refractivity contribution in [2.24, 2.45) is 0 Å². The Labute approximate surface area is 180 Å². The number of ether oxygens (including phenoxy) is 1. The van der Waals surface area contributed by atoms with Crippen LogP contribution in [0, 0.1) is 0 Å². The third-order valence-corrected chi connectivity index (χ3v) is 6.43. The van der Waals surface area contributed by atoms with E-state index in [9.17, 15) is 14.7 Å². The smallest absolute Gasteiger partial charge is 0.411 e. The highest BCUT2D eigenvalue weighted by Crippen LogP contribution is 2.56. The number of carbonyl (C=O) groups is 2. The Morgan fingerprint density at radius 2 is 1.87 bits per heavy atom. The van der Waals surface area contributed by atoms with Gasteiger partial charge in [-0.3, -0.25) is 15.2 Å². The van der Waals surface area contributed by atoms with Gasteiger partial charge in [0.15, 0.2) is 0 Å². The van der Waals surface area contributed by atoms with Crippen molar-refractivity contribution >= 4 is 23.7 Å². The number of nitrogens with zero attached hydrogens (tertiary/aromatic N) is 1. The molecular formula is C22H27ClN2O5. The Balaban J connectivity index is 1.64. The summed E-state index contributed by atoms with van der Waals surface area (Å²) in [5.41, 5.74) is 1.80. The Morgan fingerprint density at radius 3 is 2.40 bits per heavy atom. The van der Waals surface area contributed by atoms with E-state index in [2.05, 4.69) is 5.48 Å². The van der Waals surface area contributed by atoms with Gasteiger partial charge in [-0.15, -0.1) is 0 Å².